The molecule has 35 heavy (non-hydrogen) atoms. The van der Waals surface area contributed by atoms with E-state index in [9.17, 15) is 9.59 Å². The predicted octanol–water partition coefficient (Wildman–Crippen LogP) is 2.38. The van der Waals surface area contributed by atoms with Crippen molar-refractivity contribution < 1.29 is 4.79 Å². The number of nitrogens with two attached hydrogens (primary N) is 1. The molecule has 4 heterocycles. The lowest BCUT2D eigenvalue weighted by Gasteiger charge is -2.30. The lowest BCUT2D eigenvalue weighted by Crippen LogP contribution is -2.37. The van der Waals surface area contributed by atoms with Gasteiger partial charge in [0.25, 0.3) is 11.5 Å². The molecule has 0 unspecified atom stereocenters. The van der Waals surface area contributed by atoms with Gasteiger partial charge in [-0.25, -0.2) is 9.97 Å². The van der Waals surface area contributed by atoms with Gasteiger partial charge in [0.1, 0.15) is 11.4 Å². The minimum absolute atomic E-state index is 0.105. The summed E-state index contributed by atoms with van der Waals surface area (Å²) < 4.78 is 3.17. The molecule has 4 aromatic rings. The Labute approximate surface area is 202 Å². The van der Waals surface area contributed by atoms with Crippen molar-refractivity contribution >= 4 is 23.2 Å². The number of fused-ring (bicyclic) bond motifs is 1. The first kappa shape index (κ1) is 22.3. The van der Waals surface area contributed by atoms with E-state index in [0.717, 1.165) is 22.5 Å². The second-order valence-corrected chi connectivity index (χ2v) is 8.69. The number of amides is 1. The molecule has 0 bridgehead atoms. The minimum Gasteiger partial charge on any atom is -0.368 e. The highest BCUT2D eigenvalue weighted by atomic mass is 16.2. The Morgan fingerprint density at radius 1 is 1.14 bits per heavy atom. The Hall–Kier alpha value is -4.47. The number of carbonyl (C=O) groups is 1. The van der Waals surface area contributed by atoms with Gasteiger partial charge in [-0.2, -0.15) is 5.10 Å². The van der Waals surface area contributed by atoms with Gasteiger partial charge in [0.15, 0.2) is 0 Å². The third-order valence-electron chi connectivity index (χ3n) is 6.18. The zero-order valence-corrected chi connectivity index (χ0v) is 19.8. The number of nitrogen functional groups attached to an aromatic ring is 1. The molecule has 3 aromatic heterocycles. The van der Waals surface area contributed by atoms with Crippen molar-refractivity contribution in [3.8, 4) is 5.69 Å². The van der Waals surface area contributed by atoms with Crippen LogP contribution in [-0.4, -0.2) is 36.8 Å². The van der Waals surface area contributed by atoms with Crippen molar-refractivity contribution in [2.45, 2.75) is 26.8 Å². The molecule has 1 amide bonds. The second-order valence-electron chi connectivity index (χ2n) is 8.69. The largest absolute Gasteiger partial charge is 0.368 e. The summed E-state index contributed by atoms with van der Waals surface area (Å²) in [7, 11) is 1.73. The van der Waals surface area contributed by atoms with Gasteiger partial charge < -0.3 is 16.0 Å². The van der Waals surface area contributed by atoms with Crippen LogP contribution < -0.4 is 21.5 Å². The van der Waals surface area contributed by atoms with Gasteiger partial charge in [-0.05, 0) is 55.8 Å². The zero-order valence-electron chi connectivity index (χ0n) is 19.8. The van der Waals surface area contributed by atoms with Crippen molar-refractivity contribution in [1.82, 2.24) is 24.3 Å². The van der Waals surface area contributed by atoms with Gasteiger partial charge in [0.05, 0.1) is 11.4 Å². The number of pyridine rings is 1. The molecule has 0 atom stereocenters. The summed E-state index contributed by atoms with van der Waals surface area (Å²) in [4.78, 5) is 36.6. The molecule has 0 spiro atoms. The van der Waals surface area contributed by atoms with Crippen molar-refractivity contribution in [3.05, 3.63) is 87.4 Å². The topological polar surface area (TPSA) is 124 Å². The van der Waals surface area contributed by atoms with Gasteiger partial charge in [-0.15, -0.1) is 0 Å². The molecule has 0 radical (unpaired) electrons. The van der Waals surface area contributed by atoms with E-state index in [-0.39, 0.29) is 17.4 Å². The third kappa shape index (κ3) is 4.25. The summed E-state index contributed by atoms with van der Waals surface area (Å²) in [6, 6.07) is 10.9. The number of hydrogen-bond acceptors (Lipinski definition) is 7. The lowest BCUT2D eigenvalue weighted by molar-refractivity contribution is 0.101. The van der Waals surface area contributed by atoms with Crippen molar-refractivity contribution in [3.63, 3.8) is 0 Å². The fourth-order valence-electron chi connectivity index (χ4n) is 4.45. The molecular weight excluding hydrogens is 444 g/mol. The van der Waals surface area contributed by atoms with Crippen LogP contribution in [0.2, 0.25) is 0 Å². The highest BCUT2D eigenvalue weighted by Gasteiger charge is 2.23. The molecule has 0 saturated heterocycles. The van der Waals surface area contributed by atoms with Crippen LogP contribution in [-0.2, 0) is 20.0 Å². The summed E-state index contributed by atoms with van der Waals surface area (Å²) in [6.45, 7) is 5.00. The van der Waals surface area contributed by atoms with Crippen LogP contribution in [0.25, 0.3) is 5.69 Å². The number of anilines is 3. The van der Waals surface area contributed by atoms with Gasteiger partial charge in [0.2, 0.25) is 5.95 Å². The Kier molecular flexibility index (Phi) is 5.56. The smallest absolute Gasteiger partial charge is 0.278 e. The quantitative estimate of drug-likeness (QED) is 0.469. The van der Waals surface area contributed by atoms with Crippen LogP contribution in [0.5, 0.6) is 0 Å². The Bertz CT molecular complexity index is 1490. The van der Waals surface area contributed by atoms with E-state index in [1.165, 1.54) is 0 Å². The first-order valence-electron chi connectivity index (χ1n) is 11.3. The molecule has 0 fully saturated rings. The van der Waals surface area contributed by atoms with E-state index in [1.807, 2.05) is 32.0 Å². The number of hydrogen-bond donors (Lipinski definition) is 2. The zero-order chi connectivity index (χ0) is 24.7. The predicted molar refractivity (Wildman–Crippen MR) is 134 cm³/mol. The fraction of sp³-hybridized carbons (Fsp3) is 0.240. The Morgan fingerprint density at radius 2 is 1.91 bits per heavy atom. The van der Waals surface area contributed by atoms with Crippen molar-refractivity contribution in [2.75, 3.05) is 22.5 Å². The molecular formula is C25H26N8O2. The van der Waals surface area contributed by atoms with Gasteiger partial charge in [-0.3, -0.25) is 18.8 Å². The number of aryl methyl sites for hydroxylation is 3. The first-order valence-corrected chi connectivity index (χ1v) is 11.3. The van der Waals surface area contributed by atoms with Gasteiger partial charge >= 0.3 is 0 Å². The molecule has 10 heteroatoms. The standard InChI is InChI=1S/C25H26N8O2/c1-15-8-11-33(24(35)22(15)32-10-9-20-17(14-32)13-27-25(26)29-20)19-6-4-18(5-7-19)28-23(34)21-12-16(2)30-31(21)3/h4-8,11-13H,9-10,14H2,1-3H3,(H,28,34)(H2,26,27,29). The third-order valence-corrected chi connectivity index (χ3v) is 6.18. The number of rotatable bonds is 4. The van der Waals surface area contributed by atoms with Crippen LogP contribution in [0.4, 0.5) is 17.3 Å². The van der Waals surface area contributed by atoms with Crippen LogP contribution in [0, 0.1) is 13.8 Å². The normalized spacial score (nSPS) is 12.9. The summed E-state index contributed by atoms with van der Waals surface area (Å²) in [5.74, 6) is 0.0253. The van der Waals surface area contributed by atoms with Crippen molar-refractivity contribution in [2.24, 2.45) is 7.05 Å². The van der Waals surface area contributed by atoms with E-state index < -0.39 is 0 Å². The maximum Gasteiger partial charge on any atom is 0.278 e. The van der Waals surface area contributed by atoms with Crippen LogP contribution in [0.15, 0.2) is 53.6 Å². The van der Waals surface area contributed by atoms with Gasteiger partial charge in [-0.1, -0.05) is 0 Å². The number of carbonyl (C=O) groups excluding carboxylic acids is 1. The lowest BCUT2D eigenvalue weighted by atomic mass is 10.1. The molecule has 1 aromatic carbocycles. The van der Waals surface area contributed by atoms with Gasteiger partial charge in [0, 0.05) is 55.9 Å². The van der Waals surface area contributed by atoms with Crippen molar-refractivity contribution in [1.29, 1.82) is 0 Å². The van der Waals surface area contributed by atoms with E-state index in [4.69, 9.17) is 5.73 Å². The maximum absolute atomic E-state index is 13.5. The number of nitrogens with one attached hydrogen (secondary N) is 1. The average Bonchev–Trinajstić information content (AvgIpc) is 3.18. The van der Waals surface area contributed by atoms with Crippen LogP contribution >= 0.6 is 0 Å². The minimum atomic E-state index is -0.244. The average molecular weight is 471 g/mol. The molecule has 0 aliphatic carbocycles. The molecule has 178 valence electrons. The van der Waals surface area contributed by atoms with E-state index in [0.29, 0.717) is 42.3 Å². The molecule has 1 aliphatic heterocycles. The fourth-order valence-corrected chi connectivity index (χ4v) is 4.45. The first-order chi connectivity index (χ1) is 16.8. The molecule has 5 rings (SSSR count). The highest BCUT2D eigenvalue weighted by molar-refractivity contribution is 6.03. The van der Waals surface area contributed by atoms with Crippen LogP contribution in [0.3, 0.4) is 0 Å². The molecule has 3 N–H and O–H groups in total. The Balaban J connectivity index is 1.40. The summed E-state index contributed by atoms with van der Waals surface area (Å²) >= 11 is 0. The monoisotopic (exact) mass is 470 g/mol. The highest BCUT2D eigenvalue weighted by Crippen LogP contribution is 2.24. The summed E-state index contributed by atoms with van der Waals surface area (Å²) in [5, 5.41) is 7.08. The molecule has 1 aliphatic rings. The van der Waals surface area contributed by atoms with E-state index in [1.54, 1.807) is 46.9 Å². The van der Waals surface area contributed by atoms with Crippen LogP contribution in [0.1, 0.15) is 33.0 Å². The van der Waals surface area contributed by atoms with E-state index in [2.05, 4.69) is 25.3 Å². The van der Waals surface area contributed by atoms with E-state index >= 15 is 0 Å². The number of nitrogens with zero attached hydrogens (tertiary/aromatic N) is 6. The SMILES string of the molecule is Cc1cc(C(=O)Nc2ccc(-n3ccc(C)c(N4CCc5nc(N)ncc5C4)c3=O)cc2)n(C)n1. The number of benzene rings is 1. The number of aromatic nitrogens is 5. The second kappa shape index (κ2) is 8.71. The maximum atomic E-state index is 13.5. The molecule has 10 nitrogen and oxygen atoms in total. The summed E-state index contributed by atoms with van der Waals surface area (Å²) in [5.41, 5.74) is 11.7. The molecule has 0 saturated carbocycles. The summed E-state index contributed by atoms with van der Waals surface area (Å²) in [6.07, 6.45) is 4.20. The Morgan fingerprint density at radius 3 is 2.63 bits per heavy atom.